The number of anilines is 1. The zero-order chi connectivity index (χ0) is 25.4. The molecule has 8 heteroatoms. The molecule has 2 aliphatic heterocycles. The summed E-state index contributed by atoms with van der Waals surface area (Å²) in [7, 11) is 0. The maximum absolute atomic E-state index is 6.32. The van der Waals surface area contributed by atoms with Crippen LogP contribution in [0.25, 0.3) is 22.8 Å². The van der Waals surface area contributed by atoms with E-state index >= 15 is 0 Å². The predicted octanol–water partition coefficient (Wildman–Crippen LogP) is 6.98. The van der Waals surface area contributed by atoms with Gasteiger partial charge in [-0.1, -0.05) is 59.2 Å². The monoisotopic (exact) mass is 549 g/mol. The number of hydrogen-bond donors (Lipinski definition) is 2. The molecule has 0 radical (unpaired) electrons. The van der Waals surface area contributed by atoms with Crippen LogP contribution in [0.2, 0.25) is 10.0 Å². The van der Waals surface area contributed by atoms with Crippen molar-refractivity contribution in [2.75, 3.05) is 37.8 Å². The molecular weight excluding hydrogens is 521 g/mol. The zero-order valence-corrected chi connectivity index (χ0v) is 23.1. The molecule has 2 N–H and O–H groups in total. The average Bonchev–Trinajstić information content (AvgIpc) is 2.94. The molecule has 6 rings (SSSR count). The summed E-state index contributed by atoms with van der Waals surface area (Å²) < 4.78 is 0. The SMILES string of the molecule is CSC1=NC(N2CCNCC2)c2c(nc3c(c2-c2ccc(Cl)cc2)CCC/C3=C/c2ccc(Cl)cc2)N1. The first-order chi connectivity index (χ1) is 18.1. The standard InChI is InChI=1S/C29H29Cl2N5S/c1-37-29-34-27-25(28(35-29)36-15-13-32-14-16-36)24(19-7-11-22(31)12-8-19)23-4-2-3-20(26(23)33-27)17-18-5-9-21(30)10-6-18/h5-12,17,28,32H,2-4,13-16H2,1H3,(H,33,34,35)/b20-17-. The molecule has 1 saturated heterocycles. The Balaban J connectivity index is 1.57. The van der Waals surface area contributed by atoms with Crippen LogP contribution in [0.5, 0.6) is 0 Å². The normalized spacial score (nSPS) is 20.7. The third-order valence-corrected chi connectivity index (χ3v) is 8.37. The van der Waals surface area contributed by atoms with Crippen molar-refractivity contribution in [3.05, 3.63) is 81.0 Å². The molecule has 3 heterocycles. The van der Waals surface area contributed by atoms with Gasteiger partial charge >= 0.3 is 0 Å². The van der Waals surface area contributed by atoms with E-state index in [0.717, 1.165) is 83.3 Å². The van der Waals surface area contributed by atoms with Gasteiger partial charge in [0.15, 0.2) is 5.17 Å². The minimum atomic E-state index is -0.0742. The van der Waals surface area contributed by atoms with E-state index in [1.54, 1.807) is 11.8 Å². The topological polar surface area (TPSA) is 52.5 Å². The van der Waals surface area contributed by atoms with Crippen molar-refractivity contribution in [2.45, 2.75) is 25.4 Å². The van der Waals surface area contributed by atoms with Crippen LogP contribution >= 0.6 is 35.0 Å². The number of amidine groups is 1. The molecule has 37 heavy (non-hydrogen) atoms. The third kappa shape index (κ3) is 5.06. The van der Waals surface area contributed by atoms with E-state index in [9.17, 15) is 0 Å². The summed E-state index contributed by atoms with van der Waals surface area (Å²) in [4.78, 5) is 13.0. The number of nitrogens with zero attached hydrogens (tertiary/aromatic N) is 3. The predicted molar refractivity (Wildman–Crippen MR) is 159 cm³/mol. The molecule has 0 saturated carbocycles. The number of thioether (sulfide) groups is 1. The van der Waals surface area contributed by atoms with Gasteiger partial charge in [-0.3, -0.25) is 4.90 Å². The second-order valence-corrected chi connectivity index (χ2v) is 11.2. The lowest BCUT2D eigenvalue weighted by molar-refractivity contribution is 0.179. The average molecular weight is 551 g/mol. The maximum Gasteiger partial charge on any atom is 0.163 e. The highest BCUT2D eigenvalue weighted by molar-refractivity contribution is 8.13. The molecule has 1 atom stereocenters. The number of hydrogen-bond acceptors (Lipinski definition) is 6. The van der Waals surface area contributed by atoms with Crippen LogP contribution in [0.3, 0.4) is 0 Å². The summed E-state index contributed by atoms with van der Waals surface area (Å²) in [6.45, 7) is 3.83. The van der Waals surface area contributed by atoms with Gasteiger partial charge in [0.05, 0.1) is 5.69 Å². The molecule has 190 valence electrons. The van der Waals surface area contributed by atoms with Crippen LogP contribution in [0.4, 0.5) is 5.82 Å². The number of pyridine rings is 1. The number of aromatic nitrogens is 1. The number of halogens is 2. The van der Waals surface area contributed by atoms with Crippen LogP contribution < -0.4 is 10.6 Å². The van der Waals surface area contributed by atoms with Crippen molar-refractivity contribution in [1.82, 2.24) is 15.2 Å². The Bertz CT molecular complexity index is 1360. The summed E-state index contributed by atoms with van der Waals surface area (Å²) in [5.74, 6) is 0.912. The van der Waals surface area contributed by atoms with Crippen LogP contribution in [-0.4, -0.2) is 47.5 Å². The highest BCUT2D eigenvalue weighted by Crippen LogP contribution is 2.46. The smallest absolute Gasteiger partial charge is 0.163 e. The number of benzene rings is 2. The molecular formula is C29H29Cl2N5S. The maximum atomic E-state index is 6.32. The highest BCUT2D eigenvalue weighted by Gasteiger charge is 2.35. The van der Waals surface area contributed by atoms with Gasteiger partial charge < -0.3 is 10.6 Å². The minimum Gasteiger partial charge on any atom is -0.319 e. The van der Waals surface area contributed by atoms with Crippen LogP contribution in [0.15, 0.2) is 53.5 Å². The quantitative estimate of drug-likeness (QED) is 0.369. The van der Waals surface area contributed by atoms with Crippen molar-refractivity contribution < 1.29 is 0 Å². The third-order valence-electron chi connectivity index (χ3n) is 7.27. The van der Waals surface area contributed by atoms with Gasteiger partial charge in [-0.25, -0.2) is 9.98 Å². The van der Waals surface area contributed by atoms with E-state index in [1.165, 1.54) is 22.3 Å². The molecule has 0 spiro atoms. The van der Waals surface area contributed by atoms with Crippen LogP contribution in [0.1, 0.15) is 41.4 Å². The molecule has 0 amide bonds. The number of rotatable bonds is 3. The van der Waals surface area contributed by atoms with Gasteiger partial charge in [-0.15, -0.1) is 0 Å². The number of aliphatic imine (C=N–C) groups is 1. The first-order valence-corrected chi connectivity index (χ1v) is 14.7. The Morgan fingerprint density at radius 3 is 2.38 bits per heavy atom. The Kier molecular flexibility index (Phi) is 7.28. The molecule has 0 bridgehead atoms. The van der Waals surface area contributed by atoms with E-state index in [0.29, 0.717) is 0 Å². The Morgan fingerprint density at radius 1 is 0.973 bits per heavy atom. The van der Waals surface area contributed by atoms with Gasteiger partial charge in [0.25, 0.3) is 0 Å². The lowest BCUT2D eigenvalue weighted by Crippen LogP contribution is -2.46. The summed E-state index contributed by atoms with van der Waals surface area (Å²) in [5.41, 5.74) is 8.37. The van der Waals surface area contributed by atoms with Gasteiger partial charge in [-0.2, -0.15) is 0 Å². The molecule has 1 aromatic heterocycles. The summed E-state index contributed by atoms with van der Waals surface area (Å²) >= 11 is 14.1. The first-order valence-electron chi connectivity index (χ1n) is 12.7. The number of fused-ring (bicyclic) bond motifs is 2. The fourth-order valence-corrected chi connectivity index (χ4v) is 6.18. The summed E-state index contributed by atoms with van der Waals surface area (Å²) in [5, 5.41) is 9.44. The summed E-state index contributed by atoms with van der Waals surface area (Å²) in [6, 6.07) is 16.3. The van der Waals surface area contributed by atoms with Crippen LogP contribution in [0, 0.1) is 0 Å². The van der Waals surface area contributed by atoms with E-state index in [1.807, 2.05) is 24.3 Å². The van der Waals surface area contributed by atoms with Gasteiger partial charge in [0, 0.05) is 41.8 Å². The van der Waals surface area contributed by atoms with E-state index < -0.39 is 0 Å². The number of allylic oxidation sites excluding steroid dienone is 1. The number of piperazine rings is 1. The summed E-state index contributed by atoms with van der Waals surface area (Å²) in [6.07, 6.45) is 7.31. The minimum absolute atomic E-state index is 0.0742. The molecule has 2 aromatic carbocycles. The highest BCUT2D eigenvalue weighted by atomic mass is 35.5. The number of nitrogens with one attached hydrogen (secondary N) is 2. The van der Waals surface area contributed by atoms with Crippen molar-refractivity contribution in [1.29, 1.82) is 0 Å². The molecule has 5 nitrogen and oxygen atoms in total. The fourth-order valence-electron chi connectivity index (χ4n) is 5.52. The van der Waals surface area contributed by atoms with Crippen molar-refractivity contribution in [3.8, 4) is 11.1 Å². The van der Waals surface area contributed by atoms with Crippen molar-refractivity contribution >= 4 is 57.6 Å². The van der Waals surface area contributed by atoms with Crippen molar-refractivity contribution in [2.24, 2.45) is 4.99 Å². The Morgan fingerprint density at radius 2 is 1.68 bits per heavy atom. The van der Waals surface area contributed by atoms with Crippen molar-refractivity contribution in [3.63, 3.8) is 0 Å². The van der Waals surface area contributed by atoms with E-state index in [4.69, 9.17) is 33.2 Å². The lowest BCUT2D eigenvalue weighted by atomic mass is 9.82. The first kappa shape index (κ1) is 25.0. The van der Waals surface area contributed by atoms with E-state index in [-0.39, 0.29) is 6.17 Å². The fraction of sp³-hybridized carbons (Fsp3) is 0.310. The molecule has 1 fully saturated rings. The largest absolute Gasteiger partial charge is 0.319 e. The Hall–Kier alpha value is -2.35. The van der Waals surface area contributed by atoms with Gasteiger partial charge in [-0.05, 0) is 83.7 Å². The zero-order valence-electron chi connectivity index (χ0n) is 20.7. The van der Waals surface area contributed by atoms with E-state index in [2.05, 4.69) is 52.1 Å². The van der Waals surface area contributed by atoms with Gasteiger partial charge in [0.2, 0.25) is 0 Å². The molecule has 3 aromatic rings. The lowest BCUT2D eigenvalue weighted by Gasteiger charge is -2.38. The van der Waals surface area contributed by atoms with Crippen LogP contribution in [-0.2, 0) is 6.42 Å². The second-order valence-electron chi connectivity index (χ2n) is 9.58. The molecule has 1 unspecified atom stereocenters. The van der Waals surface area contributed by atoms with Gasteiger partial charge in [0.1, 0.15) is 12.0 Å². The molecule has 3 aliphatic rings. The molecule has 1 aliphatic carbocycles. The second kappa shape index (κ2) is 10.8. The Labute approximate surface area is 232 Å².